The van der Waals surface area contributed by atoms with Crippen LogP contribution < -0.4 is 0 Å². The van der Waals surface area contributed by atoms with Gasteiger partial charge >= 0.3 is 0 Å². The van der Waals surface area contributed by atoms with Gasteiger partial charge in [0.2, 0.25) is 0 Å². The average molecular weight is 116 g/mol. The molecule has 0 radical (unpaired) electrons. The topological polar surface area (TPSA) is 0 Å². The predicted octanol–water partition coefficient (Wildman–Crippen LogP) is 1.75. The van der Waals surface area contributed by atoms with Gasteiger partial charge in [-0.3, -0.25) is 0 Å². The lowest BCUT2D eigenvalue weighted by molar-refractivity contribution is 0.506. The Bertz CT molecular complexity index is 248. The Labute approximate surface area is 54.3 Å². The van der Waals surface area contributed by atoms with E-state index in [0.29, 0.717) is 0 Å². The SMILES string of the molecule is C1=CC23CC24C=CC1C34. The third-order valence-corrected chi connectivity index (χ3v) is 3.97. The summed E-state index contributed by atoms with van der Waals surface area (Å²) in [6.07, 6.45) is 11.2. The molecule has 2 fully saturated rings. The zero-order chi connectivity index (χ0) is 5.69. The Hall–Kier alpha value is -0.520. The van der Waals surface area contributed by atoms with Crippen molar-refractivity contribution in [3.05, 3.63) is 24.3 Å². The largest absolute Gasteiger partial charge is 0.0807 e. The monoisotopic (exact) mass is 116 g/mol. The lowest BCUT2D eigenvalue weighted by Crippen LogP contribution is -1.98. The molecule has 0 nitrogen and oxygen atoms in total. The van der Waals surface area contributed by atoms with Gasteiger partial charge in [-0.05, 0) is 18.3 Å². The first-order valence-corrected chi connectivity index (χ1v) is 3.78. The fourth-order valence-electron chi connectivity index (χ4n) is 3.39. The van der Waals surface area contributed by atoms with E-state index in [9.17, 15) is 0 Å². The van der Waals surface area contributed by atoms with Crippen LogP contribution >= 0.6 is 0 Å². The predicted molar refractivity (Wildman–Crippen MR) is 34.7 cm³/mol. The summed E-state index contributed by atoms with van der Waals surface area (Å²) in [5.41, 5.74) is 1.51. The lowest BCUT2D eigenvalue weighted by atomic mass is 10.00. The van der Waals surface area contributed by atoms with Crippen molar-refractivity contribution < 1.29 is 0 Å². The summed E-state index contributed by atoms with van der Waals surface area (Å²) in [5, 5.41) is 0. The van der Waals surface area contributed by atoms with E-state index in [1.807, 2.05) is 0 Å². The summed E-state index contributed by atoms with van der Waals surface area (Å²) in [7, 11) is 0. The van der Waals surface area contributed by atoms with E-state index >= 15 is 0 Å². The third kappa shape index (κ3) is 0.152. The third-order valence-electron chi connectivity index (χ3n) is 3.97. The van der Waals surface area contributed by atoms with E-state index < -0.39 is 0 Å². The van der Waals surface area contributed by atoms with E-state index in [-0.39, 0.29) is 0 Å². The van der Waals surface area contributed by atoms with E-state index in [2.05, 4.69) is 24.3 Å². The smallest absolute Gasteiger partial charge is 0.00306 e. The molecule has 0 heterocycles. The summed E-state index contributed by atoms with van der Waals surface area (Å²) in [5.74, 6) is 1.92. The van der Waals surface area contributed by atoms with Crippen LogP contribution in [0.1, 0.15) is 6.42 Å². The van der Waals surface area contributed by atoms with Crippen molar-refractivity contribution >= 4 is 0 Å². The zero-order valence-corrected chi connectivity index (χ0v) is 5.17. The molecule has 0 aromatic carbocycles. The summed E-state index contributed by atoms with van der Waals surface area (Å²) in [6, 6.07) is 0. The van der Waals surface area contributed by atoms with Gasteiger partial charge in [0.1, 0.15) is 0 Å². The molecule has 2 saturated carbocycles. The highest BCUT2D eigenvalue weighted by atomic mass is 14.9. The molecule has 4 aliphatic rings. The zero-order valence-electron chi connectivity index (χ0n) is 5.17. The van der Waals surface area contributed by atoms with Crippen molar-refractivity contribution in [2.24, 2.45) is 22.7 Å². The van der Waals surface area contributed by atoms with Crippen LogP contribution in [0, 0.1) is 22.7 Å². The van der Waals surface area contributed by atoms with Crippen LogP contribution in [-0.4, -0.2) is 0 Å². The normalized spacial score (nSPS) is 76.4. The molecule has 2 atom stereocenters. The second-order valence-electron chi connectivity index (χ2n) is 4.03. The fraction of sp³-hybridized carbons (Fsp3) is 0.556. The Morgan fingerprint density at radius 1 is 1.11 bits per heavy atom. The van der Waals surface area contributed by atoms with Crippen molar-refractivity contribution in [2.75, 3.05) is 0 Å². The van der Waals surface area contributed by atoms with Crippen LogP contribution in [0.4, 0.5) is 0 Å². The molecule has 0 aromatic heterocycles. The standard InChI is InChI=1S/C9H8/c1-3-8-5-9(8)4-2-6(1)7(8)9/h1-4,6-7H,5H2. The van der Waals surface area contributed by atoms with E-state index in [1.165, 1.54) is 6.42 Å². The molecule has 0 amide bonds. The quantitative estimate of drug-likeness (QED) is 0.423. The summed E-state index contributed by atoms with van der Waals surface area (Å²) in [4.78, 5) is 0. The molecule has 4 rings (SSSR count). The summed E-state index contributed by atoms with van der Waals surface area (Å²) < 4.78 is 0. The van der Waals surface area contributed by atoms with Crippen molar-refractivity contribution in [3.8, 4) is 0 Å². The molecule has 0 bridgehead atoms. The van der Waals surface area contributed by atoms with E-state index in [1.54, 1.807) is 0 Å². The lowest BCUT2D eigenvalue weighted by Gasteiger charge is -2.03. The number of hydrogen-bond donors (Lipinski definition) is 0. The molecular weight excluding hydrogens is 108 g/mol. The van der Waals surface area contributed by atoms with Crippen molar-refractivity contribution in [1.82, 2.24) is 0 Å². The van der Waals surface area contributed by atoms with Crippen molar-refractivity contribution in [1.29, 1.82) is 0 Å². The maximum absolute atomic E-state index is 2.47. The Balaban J connectivity index is 2.16. The first-order valence-electron chi connectivity index (χ1n) is 3.78. The van der Waals surface area contributed by atoms with Gasteiger partial charge in [0.15, 0.2) is 0 Å². The van der Waals surface area contributed by atoms with Gasteiger partial charge in [-0.1, -0.05) is 24.3 Å². The highest BCUT2D eigenvalue weighted by Crippen LogP contribution is 2.97. The van der Waals surface area contributed by atoms with Gasteiger partial charge in [0, 0.05) is 10.8 Å². The first-order chi connectivity index (χ1) is 4.39. The molecule has 0 N–H and O–H groups in total. The minimum atomic E-state index is 0.756. The van der Waals surface area contributed by atoms with Crippen LogP contribution in [0.15, 0.2) is 24.3 Å². The van der Waals surface area contributed by atoms with Gasteiger partial charge in [0.25, 0.3) is 0 Å². The maximum Gasteiger partial charge on any atom is 0.00306 e. The van der Waals surface area contributed by atoms with E-state index in [0.717, 1.165) is 22.7 Å². The van der Waals surface area contributed by atoms with Crippen LogP contribution in [0.3, 0.4) is 0 Å². The summed E-state index contributed by atoms with van der Waals surface area (Å²) >= 11 is 0. The van der Waals surface area contributed by atoms with Crippen LogP contribution in [0.2, 0.25) is 0 Å². The molecule has 4 aliphatic carbocycles. The minimum Gasteiger partial charge on any atom is -0.0807 e. The average Bonchev–Trinajstić information content (AvgIpc) is 2.50. The number of rotatable bonds is 0. The van der Waals surface area contributed by atoms with Gasteiger partial charge in [-0.15, -0.1) is 0 Å². The van der Waals surface area contributed by atoms with Crippen molar-refractivity contribution in [2.45, 2.75) is 6.42 Å². The molecular formula is C9H8. The van der Waals surface area contributed by atoms with Crippen LogP contribution in [-0.2, 0) is 0 Å². The Morgan fingerprint density at radius 3 is 2.22 bits per heavy atom. The van der Waals surface area contributed by atoms with Crippen LogP contribution in [0.25, 0.3) is 0 Å². The van der Waals surface area contributed by atoms with Crippen molar-refractivity contribution in [3.63, 3.8) is 0 Å². The molecule has 9 heavy (non-hydrogen) atoms. The second-order valence-corrected chi connectivity index (χ2v) is 4.03. The highest BCUT2D eigenvalue weighted by molar-refractivity contribution is 5.58. The van der Waals surface area contributed by atoms with Gasteiger partial charge < -0.3 is 0 Å². The molecule has 0 aromatic rings. The fourth-order valence-corrected chi connectivity index (χ4v) is 3.39. The maximum atomic E-state index is 2.47. The number of hydrogen-bond acceptors (Lipinski definition) is 0. The van der Waals surface area contributed by atoms with Gasteiger partial charge in [0.05, 0.1) is 0 Å². The molecule has 2 unspecified atom stereocenters. The van der Waals surface area contributed by atoms with Gasteiger partial charge in [-0.2, -0.15) is 0 Å². The Morgan fingerprint density at radius 2 is 1.78 bits per heavy atom. The highest BCUT2D eigenvalue weighted by Gasteiger charge is 2.92. The molecule has 0 aliphatic heterocycles. The Kier molecular flexibility index (Phi) is 0.249. The molecule has 44 valence electrons. The minimum absolute atomic E-state index is 0.756. The van der Waals surface area contributed by atoms with E-state index in [4.69, 9.17) is 0 Å². The number of allylic oxidation sites excluding steroid dienone is 4. The molecule has 0 saturated heterocycles. The van der Waals surface area contributed by atoms with Gasteiger partial charge in [-0.25, -0.2) is 0 Å². The summed E-state index contributed by atoms with van der Waals surface area (Å²) in [6.45, 7) is 0. The molecule has 0 heteroatoms. The first kappa shape index (κ1) is 3.60. The van der Waals surface area contributed by atoms with Crippen LogP contribution in [0.5, 0.6) is 0 Å². The second kappa shape index (κ2) is 0.622. The molecule has 2 spiro atoms.